The van der Waals surface area contributed by atoms with Gasteiger partial charge in [-0.3, -0.25) is 4.79 Å². The highest BCUT2D eigenvalue weighted by Crippen LogP contribution is 2.65. The summed E-state index contributed by atoms with van der Waals surface area (Å²) >= 11 is 3.38. The third-order valence-electron chi connectivity index (χ3n) is 6.44. The first kappa shape index (κ1) is 20.9. The van der Waals surface area contributed by atoms with Gasteiger partial charge in [0.2, 0.25) is 15.7 Å². The molecule has 7 nitrogen and oxygen atoms in total. The second-order valence-corrected chi connectivity index (χ2v) is 11.1. The van der Waals surface area contributed by atoms with E-state index in [2.05, 4.69) is 21.2 Å². The van der Waals surface area contributed by atoms with Crippen LogP contribution in [0.5, 0.6) is 5.75 Å². The summed E-state index contributed by atoms with van der Waals surface area (Å²) in [5.74, 6) is -0.532. The quantitative estimate of drug-likeness (QED) is 0.577. The summed E-state index contributed by atoms with van der Waals surface area (Å²) in [6.45, 7) is 0.0349. The number of hydrogen-bond acceptors (Lipinski definition) is 5. The van der Waals surface area contributed by atoms with E-state index < -0.39 is 49.0 Å². The number of carbonyl (C=O) groups is 1. The van der Waals surface area contributed by atoms with Crippen LogP contribution in [-0.4, -0.2) is 53.1 Å². The Morgan fingerprint density at radius 3 is 2.58 bits per heavy atom. The van der Waals surface area contributed by atoms with E-state index >= 15 is 8.78 Å². The van der Waals surface area contributed by atoms with Gasteiger partial charge in [-0.1, -0.05) is 46.3 Å². The number of likely N-dealkylation sites (tertiary alicyclic amines) is 1. The maximum Gasteiger partial charge on any atom is 0.377 e. The number of fused-ring (bicyclic) bond motifs is 3. The average molecular weight is 516 g/mol. The number of alkyl halides is 3. The van der Waals surface area contributed by atoms with Gasteiger partial charge < -0.3 is 19.7 Å². The molecule has 11 heteroatoms. The van der Waals surface area contributed by atoms with Crippen molar-refractivity contribution in [3.63, 3.8) is 0 Å². The van der Waals surface area contributed by atoms with Crippen LogP contribution < -0.4 is 4.74 Å². The molecule has 2 saturated heterocycles. The molecule has 0 aromatic heterocycles. The lowest BCUT2D eigenvalue weighted by molar-refractivity contribution is -0.194. The van der Waals surface area contributed by atoms with E-state index in [0.717, 1.165) is 12.3 Å². The maximum atomic E-state index is 15.7. The largest absolute Gasteiger partial charge is 0.647 e. The summed E-state index contributed by atoms with van der Waals surface area (Å²) in [5.41, 5.74) is -1.72. The molecule has 3 fully saturated rings. The van der Waals surface area contributed by atoms with Crippen molar-refractivity contribution in [3.05, 3.63) is 59.6 Å². The van der Waals surface area contributed by atoms with Crippen LogP contribution in [0.2, 0.25) is 0 Å². The van der Waals surface area contributed by atoms with Gasteiger partial charge in [-0.25, -0.2) is 8.42 Å². The number of amides is 1. The van der Waals surface area contributed by atoms with Crippen molar-refractivity contribution in [2.24, 2.45) is 5.92 Å². The first-order valence-corrected chi connectivity index (χ1v) is 12.0. The number of sulfone groups is 1. The number of allylic oxidation sites excluding steroid dienone is 2. The molecule has 5 rings (SSSR count). The minimum absolute atomic E-state index is 0.0349. The molecular weight excluding hydrogens is 498 g/mol. The molecule has 3 aliphatic heterocycles. The van der Waals surface area contributed by atoms with Crippen LogP contribution in [0.3, 0.4) is 0 Å². The molecule has 2 spiro atoms. The number of ether oxygens (including phenoxy) is 2. The second kappa shape index (κ2) is 6.52. The first-order valence-electron chi connectivity index (χ1n) is 9.56. The predicted molar refractivity (Wildman–Crippen MR) is 110 cm³/mol. The molecule has 2 bridgehead atoms. The van der Waals surface area contributed by atoms with E-state index in [9.17, 15) is 13.2 Å². The van der Waals surface area contributed by atoms with Gasteiger partial charge in [-0.15, -0.1) is 0 Å². The number of halogens is 3. The molecule has 3 heterocycles. The standard InChI is InChI=1S/C20H18BrF2N2O5S/c1-29-13-6-4-12(5-7-13)11-25-16-15(21)14(17(25)26)10-18(16)20(22,23)31(27,28)19(30-18)8-2-3-9-24-19/h2-9,14-16H,10-11H2,1H3/q-1. The van der Waals surface area contributed by atoms with Gasteiger partial charge in [0.25, 0.3) is 0 Å². The first-order chi connectivity index (χ1) is 14.6. The fraction of sp³-hybridized carbons (Fsp3) is 0.450. The molecule has 5 atom stereocenters. The normalized spacial score (nSPS) is 38.9. The molecule has 166 valence electrons. The molecule has 0 radical (unpaired) electrons. The fourth-order valence-electron chi connectivity index (χ4n) is 4.95. The predicted octanol–water partition coefficient (Wildman–Crippen LogP) is 3.08. The summed E-state index contributed by atoms with van der Waals surface area (Å²) in [4.78, 5) is 13.6. The van der Waals surface area contributed by atoms with E-state index in [4.69, 9.17) is 9.47 Å². The lowest BCUT2D eigenvalue weighted by Gasteiger charge is -2.44. The summed E-state index contributed by atoms with van der Waals surface area (Å²) in [6, 6.07) is 5.67. The van der Waals surface area contributed by atoms with Gasteiger partial charge in [0.05, 0.1) is 19.1 Å². The Hall–Kier alpha value is -1.98. The van der Waals surface area contributed by atoms with Crippen molar-refractivity contribution in [2.45, 2.75) is 39.7 Å². The van der Waals surface area contributed by atoms with E-state index in [1.165, 1.54) is 24.2 Å². The Morgan fingerprint density at radius 2 is 2.00 bits per heavy atom. The van der Waals surface area contributed by atoms with E-state index in [1.807, 2.05) is 0 Å². The summed E-state index contributed by atoms with van der Waals surface area (Å²) in [7, 11) is -3.66. The zero-order valence-corrected chi connectivity index (χ0v) is 18.6. The topological polar surface area (TPSA) is 87.0 Å². The van der Waals surface area contributed by atoms with Crippen LogP contribution in [0.25, 0.3) is 5.32 Å². The van der Waals surface area contributed by atoms with Crippen molar-refractivity contribution in [3.8, 4) is 5.75 Å². The van der Waals surface area contributed by atoms with Gasteiger partial charge in [0.15, 0.2) is 5.60 Å². The fourth-order valence-corrected chi connectivity index (χ4v) is 7.86. The SMILES string of the molecule is COc1ccc(CN2C(=O)C3CC4(OC5(C=CC=C[N-]5)S(=O)(=O)C4(F)F)C2C3Br)cc1. The molecule has 1 amide bonds. The molecule has 1 aliphatic carbocycles. The number of methoxy groups -OCH3 is 1. The minimum atomic E-state index is -5.18. The Morgan fingerprint density at radius 1 is 1.29 bits per heavy atom. The van der Waals surface area contributed by atoms with Gasteiger partial charge in [0.1, 0.15) is 10.8 Å². The number of nitrogens with zero attached hydrogens (tertiary/aromatic N) is 2. The minimum Gasteiger partial charge on any atom is -0.647 e. The van der Waals surface area contributed by atoms with Crippen LogP contribution in [-0.2, 0) is 25.9 Å². The summed E-state index contributed by atoms with van der Waals surface area (Å²) < 4.78 is 68.1. The molecule has 31 heavy (non-hydrogen) atoms. The van der Waals surface area contributed by atoms with Crippen molar-refractivity contribution in [1.29, 1.82) is 0 Å². The third kappa shape index (κ3) is 2.45. The lowest BCUT2D eigenvalue weighted by atomic mass is 9.91. The number of hydrogen-bond donors (Lipinski definition) is 0. The molecule has 1 saturated carbocycles. The second-order valence-electron chi connectivity index (χ2n) is 7.99. The smallest absolute Gasteiger partial charge is 0.377 e. The van der Waals surface area contributed by atoms with Crippen molar-refractivity contribution in [2.75, 3.05) is 7.11 Å². The summed E-state index contributed by atoms with van der Waals surface area (Å²) in [5, 5.41) is -2.96. The highest BCUT2D eigenvalue weighted by molar-refractivity contribution is 9.09. The Kier molecular flexibility index (Phi) is 4.39. The molecule has 1 aromatic carbocycles. The van der Waals surface area contributed by atoms with Crippen molar-refractivity contribution >= 4 is 31.7 Å². The van der Waals surface area contributed by atoms with Crippen LogP contribution in [0.15, 0.2) is 48.7 Å². The highest BCUT2D eigenvalue weighted by atomic mass is 79.9. The monoisotopic (exact) mass is 515 g/mol. The van der Waals surface area contributed by atoms with Gasteiger partial charge in [-0.05, 0) is 24.1 Å². The van der Waals surface area contributed by atoms with E-state index in [1.54, 1.807) is 24.3 Å². The highest BCUT2D eigenvalue weighted by Gasteiger charge is 2.84. The van der Waals surface area contributed by atoms with E-state index in [0.29, 0.717) is 11.3 Å². The Bertz CT molecular complexity index is 1110. The van der Waals surface area contributed by atoms with Crippen LogP contribution in [0.4, 0.5) is 8.78 Å². The van der Waals surface area contributed by atoms with Crippen molar-refractivity contribution in [1.82, 2.24) is 4.90 Å². The van der Waals surface area contributed by atoms with E-state index in [-0.39, 0.29) is 12.5 Å². The maximum absolute atomic E-state index is 15.7. The average Bonchev–Trinajstić information content (AvgIpc) is 3.20. The lowest BCUT2D eigenvalue weighted by Crippen LogP contribution is -2.62. The molecule has 5 unspecified atom stereocenters. The van der Waals surface area contributed by atoms with Crippen LogP contribution >= 0.6 is 15.9 Å². The Balaban J connectivity index is 1.56. The molecule has 4 aliphatic rings. The molecular formula is C20H18BrF2N2O5S-. The third-order valence-corrected chi connectivity index (χ3v) is 9.69. The van der Waals surface area contributed by atoms with Gasteiger partial charge >= 0.3 is 5.25 Å². The van der Waals surface area contributed by atoms with Crippen LogP contribution in [0.1, 0.15) is 12.0 Å². The zero-order chi connectivity index (χ0) is 22.2. The zero-order valence-electron chi connectivity index (χ0n) is 16.2. The van der Waals surface area contributed by atoms with Crippen LogP contribution in [0, 0.1) is 5.92 Å². The van der Waals surface area contributed by atoms with Crippen molar-refractivity contribution < 1.29 is 31.5 Å². The number of benzene rings is 1. The molecule has 0 N–H and O–H groups in total. The van der Waals surface area contributed by atoms with Gasteiger partial charge in [-0.2, -0.15) is 15.0 Å². The summed E-state index contributed by atoms with van der Waals surface area (Å²) in [6.07, 6.45) is 4.49. The number of piperidine rings is 1. The number of rotatable bonds is 3. The number of carbonyl (C=O) groups excluding carboxylic acids is 1. The molecule has 1 aromatic rings. The Labute approximate surface area is 186 Å². The van der Waals surface area contributed by atoms with Gasteiger partial charge in [0, 0.05) is 11.4 Å².